The highest BCUT2D eigenvalue weighted by atomic mass is 16.4. The third-order valence-electron chi connectivity index (χ3n) is 4.16. The van der Waals surface area contributed by atoms with Crippen molar-refractivity contribution in [3.63, 3.8) is 0 Å². The number of carboxylic acids is 1. The third kappa shape index (κ3) is 3.84. The van der Waals surface area contributed by atoms with Gasteiger partial charge in [-0.1, -0.05) is 32.4 Å². The van der Waals surface area contributed by atoms with Crippen LogP contribution in [0.5, 0.6) is 0 Å². The van der Waals surface area contributed by atoms with Gasteiger partial charge in [-0.3, -0.25) is 9.59 Å². The Morgan fingerprint density at radius 3 is 2.29 bits per heavy atom. The molecule has 1 aromatic rings. The largest absolute Gasteiger partial charge is 0.481 e. The van der Waals surface area contributed by atoms with Crippen molar-refractivity contribution in [3.05, 3.63) is 29.8 Å². The van der Waals surface area contributed by atoms with Gasteiger partial charge in [-0.15, -0.1) is 0 Å². The lowest BCUT2D eigenvalue weighted by Gasteiger charge is -2.41. The molecule has 1 aliphatic carbocycles. The van der Waals surface area contributed by atoms with Crippen LogP contribution in [0.25, 0.3) is 0 Å². The number of rotatable bonds is 6. The Bertz CT molecular complexity index is 515. The van der Waals surface area contributed by atoms with Crippen LogP contribution in [0, 0.1) is 11.3 Å². The van der Waals surface area contributed by atoms with Crippen LogP contribution in [-0.2, 0) is 16.0 Å². The fraction of sp³-hybridized carbons (Fsp3) is 0.529. The predicted molar refractivity (Wildman–Crippen MR) is 82.2 cm³/mol. The molecule has 1 aliphatic rings. The van der Waals surface area contributed by atoms with Gasteiger partial charge in [-0.25, -0.2) is 0 Å². The number of hydrogen-bond donors (Lipinski definition) is 2. The predicted octanol–water partition coefficient (Wildman–Crippen LogP) is 3.47. The molecule has 114 valence electrons. The summed E-state index contributed by atoms with van der Waals surface area (Å²) in [6.07, 6.45) is 3.99. The normalized spacial score (nSPS) is 16.3. The summed E-state index contributed by atoms with van der Waals surface area (Å²) < 4.78 is 0. The molecular weight excluding hydrogens is 266 g/mol. The molecule has 2 N–H and O–H groups in total. The molecule has 0 aromatic heterocycles. The molecule has 0 atom stereocenters. The fourth-order valence-corrected chi connectivity index (χ4v) is 3.05. The van der Waals surface area contributed by atoms with Crippen LogP contribution in [0.15, 0.2) is 24.3 Å². The van der Waals surface area contributed by atoms with Crippen molar-refractivity contribution in [1.29, 1.82) is 0 Å². The molecule has 0 aliphatic heterocycles. The number of hydrogen-bond acceptors (Lipinski definition) is 2. The first-order valence-corrected chi connectivity index (χ1v) is 7.53. The Morgan fingerprint density at radius 2 is 1.86 bits per heavy atom. The van der Waals surface area contributed by atoms with E-state index in [4.69, 9.17) is 5.11 Å². The molecule has 0 spiro atoms. The second-order valence-electron chi connectivity index (χ2n) is 6.45. The lowest BCUT2D eigenvalue weighted by atomic mass is 9.64. The molecule has 0 unspecified atom stereocenters. The van der Waals surface area contributed by atoms with E-state index in [1.165, 1.54) is 0 Å². The van der Waals surface area contributed by atoms with Gasteiger partial charge >= 0.3 is 5.97 Å². The molecule has 1 fully saturated rings. The van der Waals surface area contributed by atoms with E-state index in [1.54, 1.807) is 24.3 Å². The first kappa shape index (κ1) is 15.5. The number of anilines is 1. The van der Waals surface area contributed by atoms with E-state index >= 15 is 0 Å². The first-order chi connectivity index (χ1) is 9.91. The Hall–Kier alpha value is -1.84. The van der Waals surface area contributed by atoms with Crippen LogP contribution < -0.4 is 5.32 Å². The van der Waals surface area contributed by atoms with E-state index in [-0.39, 0.29) is 17.7 Å². The summed E-state index contributed by atoms with van der Waals surface area (Å²) in [6, 6.07) is 7.05. The summed E-state index contributed by atoms with van der Waals surface area (Å²) in [5, 5.41) is 11.7. The SMILES string of the molecule is CC(C)CC1(C(=O)Nc2ccc(CC(=O)O)cc2)CCC1. The first-order valence-electron chi connectivity index (χ1n) is 7.53. The lowest BCUT2D eigenvalue weighted by Crippen LogP contribution is -2.42. The summed E-state index contributed by atoms with van der Waals surface area (Å²) in [5.41, 5.74) is 1.28. The summed E-state index contributed by atoms with van der Waals surface area (Å²) in [6.45, 7) is 4.29. The molecule has 1 saturated carbocycles. The molecule has 21 heavy (non-hydrogen) atoms. The molecule has 2 rings (SSSR count). The van der Waals surface area contributed by atoms with E-state index in [0.717, 1.165) is 36.9 Å². The summed E-state index contributed by atoms with van der Waals surface area (Å²) in [5.74, 6) is -0.237. The minimum absolute atomic E-state index is 0.00547. The highest BCUT2D eigenvalue weighted by Gasteiger charge is 2.44. The smallest absolute Gasteiger partial charge is 0.307 e. The maximum absolute atomic E-state index is 12.5. The molecule has 0 bridgehead atoms. The van der Waals surface area contributed by atoms with E-state index in [9.17, 15) is 9.59 Å². The summed E-state index contributed by atoms with van der Waals surface area (Å²) >= 11 is 0. The van der Waals surface area contributed by atoms with Gasteiger partial charge in [0.15, 0.2) is 0 Å². The zero-order valence-electron chi connectivity index (χ0n) is 12.7. The number of aliphatic carboxylic acids is 1. The lowest BCUT2D eigenvalue weighted by molar-refractivity contribution is -0.136. The fourth-order valence-electron chi connectivity index (χ4n) is 3.05. The highest BCUT2D eigenvalue weighted by Crippen LogP contribution is 2.46. The number of carbonyl (C=O) groups is 2. The minimum Gasteiger partial charge on any atom is -0.481 e. The Labute approximate surface area is 125 Å². The average Bonchev–Trinajstić information content (AvgIpc) is 2.35. The molecule has 0 heterocycles. The highest BCUT2D eigenvalue weighted by molar-refractivity contribution is 5.96. The van der Waals surface area contributed by atoms with Crippen LogP contribution >= 0.6 is 0 Å². The standard InChI is InChI=1S/C17H23NO3/c1-12(2)11-17(8-3-9-17)16(21)18-14-6-4-13(5-7-14)10-15(19)20/h4-7,12H,3,8-11H2,1-2H3,(H,18,21)(H,19,20). The molecule has 4 heteroatoms. The van der Waals surface area contributed by atoms with E-state index < -0.39 is 5.97 Å². The number of amides is 1. The van der Waals surface area contributed by atoms with Crippen LogP contribution in [0.3, 0.4) is 0 Å². The van der Waals surface area contributed by atoms with Crippen LogP contribution in [0.2, 0.25) is 0 Å². The quantitative estimate of drug-likeness (QED) is 0.842. The summed E-state index contributed by atoms with van der Waals surface area (Å²) in [4.78, 5) is 23.2. The van der Waals surface area contributed by atoms with Crippen molar-refractivity contribution in [2.45, 2.75) is 46.0 Å². The van der Waals surface area contributed by atoms with Crippen molar-refractivity contribution in [3.8, 4) is 0 Å². The average molecular weight is 289 g/mol. The zero-order chi connectivity index (χ0) is 15.5. The Morgan fingerprint density at radius 1 is 1.24 bits per heavy atom. The van der Waals surface area contributed by atoms with E-state index in [2.05, 4.69) is 19.2 Å². The van der Waals surface area contributed by atoms with Crippen LogP contribution in [0.4, 0.5) is 5.69 Å². The number of carbonyl (C=O) groups excluding carboxylic acids is 1. The molecule has 1 amide bonds. The van der Waals surface area contributed by atoms with Gasteiger partial charge in [-0.2, -0.15) is 0 Å². The van der Waals surface area contributed by atoms with Crippen molar-refractivity contribution in [2.24, 2.45) is 11.3 Å². The molecule has 1 aromatic carbocycles. The van der Waals surface area contributed by atoms with Crippen molar-refractivity contribution in [2.75, 3.05) is 5.32 Å². The second-order valence-corrected chi connectivity index (χ2v) is 6.45. The molecule has 0 radical (unpaired) electrons. The summed E-state index contributed by atoms with van der Waals surface area (Å²) in [7, 11) is 0. The number of benzene rings is 1. The molecular formula is C17H23NO3. The maximum atomic E-state index is 12.5. The van der Waals surface area contributed by atoms with Crippen molar-refractivity contribution < 1.29 is 14.7 Å². The Balaban J connectivity index is 2.00. The third-order valence-corrected chi connectivity index (χ3v) is 4.16. The van der Waals surface area contributed by atoms with E-state index in [0.29, 0.717) is 5.92 Å². The molecule has 0 saturated heterocycles. The van der Waals surface area contributed by atoms with Gasteiger partial charge < -0.3 is 10.4 Å². The Kier molecular flexibility index (Phi) is 4.66. The van der Waals surface area contributed by atoms with E-state index in [1.807, 2.05) is 0 Å². The minimum atomic E-state index is -0.850. The van der Waals surface area contributed by atoms with Crippen molar-refractivity contribution >= 4 is 17.6 Å². The van der Waals surface area contributed by atoms with Gasteiger partial charge in [-0.05, 0) is 42.9 Å². The van der Waals surface area contributed by atoms with Gasteiger partial charge in [0.25, 0.3) is 0 Å². The number of nitrogens with one attached hydrogen (secondary N) is 1. The monoisotopic (exact) mass is 289 g/mol. The van der Waals surface area contributed by atoms with Gasteiger partial charge in [0, 0.05) is 11.1 Å². The van der Waals surface area contributed by atoms with Gasteiger partial charge in [0.05, 0.1) is 6.42 Å². The van der Waals surface area contributed by atoms with Gasteiger partial charge in [0.2, 0.25) is 5.91 Å². The topological polar surface area (TPSA) is 66.4 Å². The van der Waals surface area contributed by atoms with Gasteiger partial charge in [0.1, 0.15) is 0 Å². The number of carboxylic acid groups (broad SMARTS) is 1. The molecule has 4 nitrogen and oxygen atoms in total. The van der Waals surface area contributed by atoms with Crippen LogP contribution in [0.1, 0.15) is 45.1 Å². The van der Waals surface area contributed by atoms with Crippen LogP contribution in [-0.4, -0.2) is 17.0 Å². The maximum Gasteiger partial charge on any atom is 0.307 e. The zero-order valence-corrected chi connectivity index (χ0v) is 12.7. The second kappa shape index (κ2) is 6.29. The van der Waals surface area contributed by atoms with Crippen molar-refractivity contribution in [1.82, 2.24) is 0 Å².